The molecule has 2 nitrogen and oxygen atoms in total. The zero-order chi connectivity index (χ0) is 11.1. The maximum Gasteiger partial charge on any atom is 0.137 e. The molecule has 1 N–H and O–H groups in total. The van der Waals surface area contributed by atoms with Crippen molar-refractivity contribution in [2.75, 3.05) is 19.7 Å². The largest absolute Gasteiger partial charge is 0.491 e. The van der Waals surface area contributed by atoms with Crippen molar-refractivity contribution in [3.8, 4) is 5.75 Å². The molecule has 0 spiro atoms. The van der Waals surface area contributed by atoms with Gasteiger partial charge in [0.2, 0.25) is 0 Å². The van der Waals surface area contributed by atoms with Gasteiger partial charge in [-0.05, 0) is 37.6 Å². The first-order chi connectivity index (χ1) is 7.24. The number of ether oxygens (including phenoxy) is 1. The quantitative estimate of drug-likeness (QED) is 0.755. The molecule has 0 amide bonds. The molecule has 0 radical (unpaired) electrons. The molecule has 0 atom stereocenters. The maximum absolute atomic E-state index is 6.02. The molecule has 0 bridgehead atoms. The molecule has 0 aliphatic carbocycles. The molecule has 3 heteroatoms. The predicted molar refractivity (Wildman–Crippen MR) is 64.8 cm³/mol. The first kappa shape index (κ1) is 12.3. The van der Waals surface area contributed by atoms with Crippen molar-refractivity contribution in [2.24, 2.45) is 0 Å². The first-order valence-electron chi connectivity index (χ1n) is 5.33. The summed E-state index contributed by atoms with van der Waals surface area (Å²) in [5.41, 5.74) is 1.15. The highest BCUT2D eigenvalue weighted by atomic mass is 35.5. The molecule has 15 heavy (non-hydrogen) atoms. The molecule has 1 aromatic rings. The van der Waals surface area contributed by atoms with Crippen molar-refractivity contribution >= 4 is 11.6 Å². The van der Waals surface area contributed by atoms with Gasteiger partial charge in [0.15, 0.2) is 0 Å². The molecule has 0 saturated carbocycles. The number of halogens is 1. The number of nitrogens with one attached hydrogen (secondary N) is 1. The molecule has 84 valence electrons. The van der Waals surface area contributed by atoms with Crippen LogP contribution in [-0.2, 0) is 0 Å². The lowest BCUT2D eigenvalue weighted by Gasteiger charge is -2.08. The van der Waals surface area contributed by atoms with Crippen LogP contribution in [0.25, 0.3) is 0 Å². The molecule has 0 unspecified atom stereocenters. The van der Waals surface area contributed by atoms with E-state index in [2.05, 4.69) is 12.2 Å². The summed E-state index contributed by atoms with van der Waals surface area (Å²) < 4.78 is 5.54. The second-order valence-electron chi connectivity index (χ2n) is 3.53. The maximum atomic E-state index is 6.02. The summed E-state index contributed by atoms with van der Waals surface area (Å²) in [6, 6.07) is 5.83. The lowest BCUT2D eigenvalue weighted by molar-refractivity contribution is 0.314. The van der Waals surface area contributed by atoms with Crippen LogP contribution in [-0.4, -0.2) is 19.7 Å². The first-order valence-corrected chi connectivity index (χ1v) is 5.71. The summed E-state index contributed by atoms with van der Waals surface area (Å²) in [5, 5.41) is 3.95. The van der Waals surface area contributed by atoms with Gasteiger partial charge >= 0.3 is 0 Å². The van der Waals surface area contributed by atoms with Gasteiger partial charge in [0.05, 0.1) is 5.02 Å². The smallest absolute Gasteiger partial charge is 0.137 e. The summed E-state index contributed by atoms with van der Waals surface area (Å²) in [6.45, 7) is 6.70. The minimum atomic E-state index is 0.656. The summed E-state index contributed by atoms with van der Waals surface area (Å²) in [5.74, 6) is 0.764. The Morgan fingerprint density at radius 3 is 2.80 bits per heavy atom. The summed E-state index contributed by atoms with van der Waals surface area (Å²) in [4.78, 5) is 0. The van der Waals surface area contributed by atoms with E-state index in [1.807, 2.05) is 25.1 Å². The van der Waals surface area contributed by atoms with Crippen LogP contribution in [0.5, 0.6) is 5.75 Å². The zero-order valence-corrected chi connectivity index (χ0v) is 10.1. The van der Waals surface area contributed by atoms with E-state index in [0.717, 1.165) is 30.8 Å². The second-order valence-corrected chi connectivity index (χ2v) is 3.94. The summed E-state index contributed by atoms with van der Waals surface area (Å²) in [7, 11) is 0. The van der Waals surface area contributed by atoms with Gasteiger partial charge in [-0.3, -0.25) is 0 Å². The van der Waals surface area contributed by atoms with Crippen LogP contribution >= 0.6 is 11.6 Å². The molecule has 0 saturated heterocycles. The molecular formula is C12H18ClNO. The van der Waals surface area contributed by atoms with Crippen molar-refractivity contribution in [3.63, 3.8) is 0 Å². The number of benzene rings is 1. The van der Waals surface area contributed by atoms with Crippen molar-refractivity contribution in [1.29, 1.82) is 0 Å². The fraction of sp³-hybridized carbons (Fsp3) is 0.500. The molecule has 1 aromatic carbocycles. The van der Waals surface area contributed by atoms with Crippen LogP contribution in [0.1, 0.15) is 18.9 Å². The van der Waals surface area contributed by atoms with E-state index in [1.54, 1.807) is 0 Å². The van der Waals surface area contributed by atoms with Gasteiger partial charge in [-0.1, -0.05) is 24.6 Å². The number of hydrogen-bond donors (Lipinski definition) is 1. The van der Waals surface area contributed by atoms with E-state index in [9.17, 15) is 0 Å². The monoisotopic (exact) mass is 227 g/mol. The summed E-state index contributed by atoms with van der Waals surface area (Å²) >= 11 is 6.02. The van der Waals surface area contributed by atoms with Crippen LogP contribution in [0, 0.1) is 6.92 Å². The van der Waals surface area contributed by atoms with Gasteiger partial charge in [-0.2, -0.15) is 0 Å². The Hall–Kier alpha value is -0.730. The molecule has 1 rings (SSSR count). The average Bonchev–Trinajstić information content (AvgIpc) is 2.20. The van der Waals surface area contributed by atoms with E-state index >= 15 is 0 Å². The fourth-order valence-electron chi connectivity index (χ4n) is 1.26. The Bertz CT molecular complexity index is 302. The van der Waals surface area contributed by atoms with Gasteiger partial charge in [0, 0.05) is 6.54 Å². The van der Waals surface area contributed by atoms with E-state index in [0.29, 0.717) is 11.6 Å². The molecule has 0 aliphatic heterocycles. The second kappa shape index (κ2) is 6.70. The van der Waals surface area contributed by atoms with Gasteiger partial charge in [-0.25, -0.2) is 0 Å². The predicted octanol–water partition coefficient (Wildman–Crippen LogP) is 3.03. The van der Waals surface area contributed by atoms with Crippen LogP contribution in [0.15, 0.2) is 18.2 Å². The third-order valence-electron chi connectivity index (χ3n) is 2.05. The lowest BCUT2D eigenvalue weighted by Crippen LogP contribution is -2.21. The summed E-state index contributed by atoms with van der Waals surface area (Å²) in [6.07, 6.45) is 1.14. The van der Waals surface area contributed by atoms with Crippen LogP contribution in [0.4, 0.5) is 0 Å². The van der Waals surface area contributed by atoms with Crippen LogP contribution in [0.2, 0.25) is 5.02 Å². The average molecular weight is 228 g/mol. The Labute approximate surface area is 96.6 Å². The number of hydrogen-bond acceptors (Lipinski definition) is 2. The molecular weight excluding hydrogens is 210 g/mol. The highest BCUT2D eigenvalue weighted by Gasteiger charge is 2.00. The van der Waals surface area contributed by atoms with Crippen LogP contribution in [0.3, 0.4) is 0 Å². The topological polar surface area (TPSA) is 21.3 Å². The highest BCUT2D eigenvalue weighted by molar-refractivity contribution is 6.32. The Morgan fingerprint density at radius 1 is 1.33 bits per heavy atom. The SMILES string of the molecule is CCCNCCOc1ccc(C)cc1Cl. The van der Waals surface area contributed by atoms with E-state index < -0.39 is 0 Å². The van der Waals surface area contributed by atoms with Crippen molar-refractivity contribution in [1.82, 2.24) is 5.32 Å². The Morgan fingerprint density at radius 2 is 2.13 bits per heavy atom. The highest BCUT2D eigenvalue weighted by Crippen LogP contribution is 2.24. The van der Waals surface area contributed by atoms with Gasteiger partial charge < -0.3 is 10.1 Å². The van der Waals surface area contributed by atoms with Crippen LogP contribution < -0.4 is 10.1 Å². The number of rotatable bonds is 6. The molecule has 0 fully saturated rings. The van der Waals surface area contributed by atoms with E-state index in [4.69, 9.17) is 16.3 Å². The van der Waals surface area contributed by atoms with Crippen molar-refractivity contribution in [2.45, 2.75) is 20.3 Å². The van der Waals surface area contributed by atoms with Gasteiger partial charge in [0.25, 0.3) is 0 Å². The fourth-order valence-corrected chi connectivity index (χ4v) is 1.55. The Kier molecular flexibility index (Phi) is 5.51. The molecule has 0 aromatic heterocycles. The Balaban J connectivity index is 2.31. The molecule has 0 heterocycles. The minimum Gasteiger partial charge on any atom is -0.491 e. The van der Waals surface area contributed by atoms with E-state index in [1.165, 1.54) is 0 Å². The van der Waals surface area contributed by atoms with Crippen molar-refractivity contribution in [3.05, 3.63) is 28.8 Å². The number of aryl methyl sites for hydroxylation is 1. The van der Waals surface area contributed by atoms with Gasteiger partial charge in [-0.15, -0.1) is 0 Å². The third-order valence-corrected chi connectivity index (χ3v) is 2.35. The van der Waals surface area contributed by atoms with Crippen molar-refractivity contribution < 1.29 is 4.74 Å². The third kappa shape index (κ3) is 4.54. The minimum absolute atomic E-state index is 0.656. The zero-order valence-electron chi connectivity index (χ0n) is 9.35. The molecule has 0 aliphatic rings. The lowest BCUT2D eigenvalue weighted by atomic mass is 10.2. The van der Waals surface area contributed by atoms with Gasteiger partial charge in [0.1, 0.15) is 12.4 Å². The standard InChI is InChI=1S/C12H18ClNO/c1-3-6-14-7-8-15-12-5-4-10(2)9-11(12)13/h4-5,9,14H,3,6-8H2,1-2H3. The van der Waals surface area contributed by atoms with E-state index in [-0.39, 0.29) is 0 Å². The normalized spacial score (nSPS) is 10.3.